The Balaban J connectivity index is 2.62. The summed E-state index contributed by atoms with van der Waals surface area (Å²) in [5.74, 6) is -6.14. The SMILES string of the molecule is O=C(O)COCC(=O)Nc1cc(F)cc(F)c1F. The van der Waals surface area contributed by atoms with Gasteiger partial charge in [0, 0.05) is 12.1 Å². The molecule has 0 bridgehead atoms. The van der Waals surface area contributed by atoms with Crippen molar-refractivity contribution < 1.29 is 32.6 Å². The van der Waals surface area contributed by atoms with Gasteiger partial charge in [-0.1, -0.05) is 0 Å². The molecule has 0 spiro atoms. The van der Waals surface area contributed by atoms with E-state index in [-0.39, 0.29) is 0 Å². The van der Waals surface area contributed by atoms with Crippen molar-refractivity contribution in [2.45, 2.75) is 0 Å². The lowest BCUT2D eigenvalue weighted by Crippen LogP contribution is -2.21. The van der Waals surface area contributed by atoms with Gasteiger partial charge in [0.05, 0.1) is 5.69 Å². The predicted octanol–water partition coefficient (Wildman–Crippen LogP) is 1.14. The minimum absolute atomic E-state index is 0.325. The van der Waals surface area contributed by atoms with Crippen molar-refractivity contribution in [3.05, 3.63) is 29.6 Å². The summed E-state index contributed by atoms with van der Waals surface area (Å²) in [5.41, 5.74) is -0.684. The highest BCUT2D eigenvalue weighted by Crippen LogP contribution is 2.18. The molecule has 0 fully saturated rings. The second-order valence-electron chi connectivity index (χ2n) is 3.18. The van der Waals surface area contributed by atoms with Crippen LogP contribution < -0.4 is 5.32 Å². The van der Waals surface area contributed by atoms with Gasteiger partial charge in [0.15, 0.2) is 11.6 Å². The molecular formula is C10H8F3NO4. The lowest BCUT2D eigenvalue weighted by Gasteiger charge is -2.07. The Hall–Kier alpha value is -2.09. The van der Waals surface area contributed by atoms with E-state index in [1.165, 1.54) is 0 Å². The van der Waals surface area contributed by atoms with Crippen molar-refractivity contribution in [2.24, 2.45) is 0 Å². The summed E-state index contributed by atoms with van der Waals surface area (Å²) >= 11 is 0. The molecule has 5 nitrogen and oxygen atoms in total. The first kappa shape index (κ1) is 14.0. The fourth-order valence-electron chi connectivity index (χ4n) is 1.06. The summed E-state index contributed by atoms with van der Waals surface area (Å²) in [4.78, 5) is 21.2. The van der Waals surface area contributed by atoms with Crippen LogP contribution in [0.25, 0.3) is 0 Å². The van der Waals surface area contributed by atoms with Crippen molar-refractivity contribution in [1.29, 1.82) is 0 Å². The van der Waals surface area contributed by atoms with Gasteiger partial charge in [-0.25, -0.2) is 18.0 Å². The smallest absolute Gasteiger partial charge is 0.329 e. The molecule has 0 saturated carbocycles. The van der Waals surface area contributed by atoms with Crippen molar-refractivity contribution in [1.82, 2.24) is 0 Å². The van der Waals surface area contributed by atoms with Crippen LogP contribution in [0.5, 0.6) is 0 Å². The summed E-state index contributed by atoms with van der Waals surface area (Å²) in [6.45, 7) is -1.39. The number of nitrogens with one attached hydrogen (secondary N) is 1. The molecule has 0 aromatic heterocycles. The lowest BCUT2D eigenvalue weighted by atomic mass is 10.3. The van der Waals surface area contributed by atoms with Crippen LogP contribution in [0.4, 0.5) is 18.9 Å². The zero-order valence-electron chi connectivity index (χ0n) is 8.87. The predicted molar refractivity (Wildman–Crippen MR) is 53.4 cm³/mol. The number of carboxylic acid groups (broad SMARTS) is 1. The first-order valence-electron chi connectivity index (χ1n) is 4.64. The molecule has 2 N–H and O–H groups in total. The third-order valence-electron chi connectivity index (χ3n) is 1.73. The summed E-state index contributed by atoms with van der Waals surface area (Å²) in [7, 11) is 0. The van der Waals surface area contributed by atoms with Crippen molar-refractivity contribution in [3.63, 3.8) is 0 Å². The highest BCUT2D eigenvalue weighted by atomic mass is 19.2. The minimum Gasteiger partial charge on any atom is -0.480 e. The number of hydrogen-bond donors (Lipinski definition) is 2. The van der Waals surface area contributed by atoms with Gasteiger partial charge in [-0.05, 0) is 0 Å². The van der Waals surface area contributed by atoms with E-state index in [9.17, 15) is 22.8 Å². The number of ether oxygens (including phenoxy) is 1. The Kier molecular flexibility index (Phi) is 4.67. The van der Waals surface area contributed by atoms with Gasteiger partial charge in [0.2, 0.25) is 5.91 Å². The van der Waals surface area contributed by atoms with Crippen LogP contribution >= 0.6 is 0 Å². The molecule has 0 saturated heterocycles. The molecule has 1 amide bonds. The Bertz CT molecular complexity index is 478. The normalized spacial score (nSPS) is 10.2. The van der Waals surface area contributed by atoms with Crippen molar-refractivity contribution in [2.75, 3.05) is 18.5 Å². The number of carbonyl (C=O) groups is 2. The molecule has 0 atom stereocenters. The van der Waals surface area contributed by atoms with E-state index in [1.807, 2.05) is 5.32 Å². The van der Waals surface area contributed by atoms with Gasteiger partial charge >= 0.3 is 5.97 Å². The van der Waals surface area contributed by atoms with Crippen LogP contribution in [0.1, 0.15) is 0 Å². The topological polar surface area (TPSA) is 75.6 Å². The largest absolute Gasteiger partial charge is 0.480 e. The Labute approximate surface area is 99.2 Å². The van der Waals surface area contributed by atoms with Gasteiger partial charge in [0.25, 0.3) is 0 Å². The van der Waals surface area contributed by atoms with E-state index >= 15 is 0 Å². The summed E-state index contributed by atoms with van der Waals surface area (Å²) < 4.78 is 43.0. The molecule has 1 rings (SSSR count). The highest BCUT2D eigenvalue weighted by molar-refractivity contribution is 5.91. The first-order valence-corrected chi connectivity index (χ1v) is 4.64. The number of carboxylic acids is 1. The van der Waals surface area contributed by atoms with Crippen LogP contribution in [0.3, 0.4) is 0 Å². The molecule has 98 valence electrons. The highest BCUT2D eigenvalue weighted by Gasteiger charge is 2.13. The molecular weight excluding hydrogens is 255 g/mol. The van der Waals surface area contributed by atoms with Gasteiger partial charge in [-0.3, -0.25) is 4.79 Å². The van der Waals surface area contributed by atoms with Crippen LogP contribution in [0.15, 0.2) is 12.1 Å². The lowest BCUT2D eigenvalue weighted by molar-refractivity contribution is -0.143. The third-order valence-corrected chi connectivity index (χ3v) is 1.73. The maximum Gasteiger partial charge on any atom is 0.329 e. The number of hydrogen-bond acceptors (Lipinski definition) is 3. The minimum atomic E-state index is -1.45. The Morgan fingerprint density at radius 3 is 2.50 bits per heavy atom. The summed E-state index contributed by atoms with van der Waals surface area (Å²) in [5, 5.41) is 10.1. The molecule has 0 aliphatic carbocycles. The number of benzene rings is 1. The van der Waals surface area contributed by atoms with Crippen molar-refractivity contribution >= 4 is 17.6 Å². The molecule has 0 unspecified atom stereocenters. The van der Waals surface area contributed by atoms with E-state index in [4.69, 9.17) is 5.11 Å². The summed E-state index contributed by atoms with van der Waals surface area (Å²) in [6.07, 6.45) is 0. The number of carbonyl (C=O) groups excluding carboxylic acids is 1. The van der Waals surface area contributed by atoms with Crippen molar-refractivity contribution in [3.8, 4) is 0 Å². The standard InChI is InChI=1S/C10H8F3NO4/c11-5-1-6(12)10(13)7(2-5)14-8(15)3-18-4-9(16)17/h1-2H,3-4H2,(H,14,15)(H,16,17). The molecule has 1 aromatic carbocycles. The second kappa shape index (κ2) is 6.01. The molecule has 0 aliphatic rings. The quantitative estimate of drug-likeness (QED) is 0.781. The van der Waals surface area contributed by atoms with Crippen LogP contribution in [0.2, 0.25) is 0 Å². The number of amides is 1. The van der Waals surface area contributed by atoms with Gasteiger partial charge in [-0.2, -0.15) is 0 Å². The first-order chi connectivity index (χ1) is 8.40. The molecule has 0 radical (unpaired) electrons. The Morgan fingerprint density at radius 1 is 1.22 bits per heavy atom. The zero-order valence-corrected chi connectivity index (χ0v) is 8.87. The van der Waals surface area contributed by atoms with Crippen LogP contribution in [-0.2, 0) is 14.3 Å². The van der Waals surface area contributed by atoms with E-state index in [1.54, 1.807) is 0 Å². The number of aliphatic carboxylic acids is 1. The molecule has 8 heteroatoms. The third kappa shape index (κ3) is 4.06. The second-order valence-corrected chi connectivity index (χ2v) is 3.18. The van der Waals surface area contributed by atoms with E-state index in [0.29, 0.717) is 12.1 Å². The number of rotatable bonds is 5. The van der Waals surface area contributed by atoms with Crippen LogP contribution in [0, 0.1) is 17.5 Å². The fraction of sp³-hybridized carbons (Fsp3) is 0.200. The number of anilines is 1. The molecule has 0 heterocycles. The molecule has 1 aromatic rings. The zero-order chi connectivity index (χ0) is 13.7. The summed E-state index contributed by atoms with van der Waals surface area (Å²) in [6, 6.07) is 0.916. The fourth-order valence-corrected chi connectivity index (χ4v) is 1.06. The molecule has 18 heavy (non-hydrogen) atoms. The van der Waals surface area contributed by atoms with E-state index < -0.39 is 48.2 Å². The maximum atomic E-state index is 13.1. The average Bonchev–Trinajstić information content (AvgIpc) is 2.24. The monoisotopic (exact) mass is 263 g/mol. The van der Waals surface area contributed by atoms with E-state index in [0.717, 1.165) is 0 Å². The van der Waals surface area contributed by atoms with E-state index in [2.05, 4.69) is 4.74 Å². The van der Waals surface area contributed by atoms with Crippen LogP contribution in [-0.4, -0.2) is 30.2 Å². The van der Waals surface area contributed by atoms with Gasteiger partial charge < -0.3 is 15.2 Å². The average molecular weight is 263 g/mol. The maximum absolute atomic E-state index is 13.1. The molecule has 0 aliphatic heterocycles. The Morgan fingerprint density at radius 2 is 1.89 bits per heavy atom. The van der Waals surface area contributed by atoms with Gasteiger partial charge in [0.1, 0.15) is 19.0 Å². The number of halogens is 3. The van der Waals surface area contributed by atoms with Gasteiger partial charge in [-0.15, -0.1) is 0 Å².